The van der Waals surface area contributed by atoms with Gasteiger partial charge in [-0.2, -0.15) is 4.99 Å². The molecule has 6 nitrogen and oxygen atoms in total. The van der Waals surface area contributed by atoms with E-state index in [4.69, 9.17) is 4.74 Å². The highest BCUT2D eigenvalue weighted by atomic mass is 32.2. The minimum Gasteiger partial charge on any atom is -0.383 e. The van der Waals surface area contributed by atoms with E-state index in [-0.39, 0.29) is 17.6 Å². The van der Waals surface area contributed by atoms with Gasteiger partial charge in [-0.25, -0.2) is 0 Å². The molecule has 0 atom stereocenters. The van der Waals surface area contributed by atoms with Gasteiger partial charge in [-0.15, -0.1) is 11.8 Å². The van der Waals surface area contributed by atoms with Crippen LogP contribution in [0.2, 0.25) is 0 Å². The summed E-state index contributed by atoms with van der Waals surface area (Å²) >= 11 is 2.80. The van der Waals surface area contributed by atoms with Crippen LogP contribution in [0.15, 0.2) is 58.4 Å². The van der Waals surface area contributed by atoms with E-state index < -0.39 is 0 Å². The van der Waals surface area contributed by atoms with Crippen LogP contribution in [0.25, 0.3) is 10.2 Å². The summed E-state index contributed by atoms with van der Waals surface area (Å²) in [5.74, 6) is -0.188. The Morgan fingerprint density at radius 2 is 1.93 bits per heavy atom. The SMILES string of the molecule is COCCNC(=O)CSc1ccccc1C(=O)N=c1sc2ccccc2n1C. The number of methoxy groups -OCH3 is 1. The molecule has 0 spiro atoms. The highest BCUT2D eigenvalue weighted by Gasteiger charge is 2.13. The number of amides is 2. The van der Waals surface area contributed by atoms with Gasteiger partial charge < -0.3 is 14.6 Å². The molecule has 3 rings (SSSR count). The van der Waals surface area contributed by atoms with Gasteiger partial charge in [-0.3, -0.25) is 9.59 Å². The van der Waals surface area contributed by atoms with E-state index in [0.29, 0.717) is 23.5 Å². The molecule has 0 aliphatic carbocycles. The van der Waals surface area contributed by atoms with Crippen LogP contribution >= 0.6 is 23.1 Å². The number of aromatic nitrogens is 1. The predicted octanol–water partition coefficient (Wildman–Crippen LogP) is 2.84. The number of para-hydroxylation sites is 1. The van der Waals surface area contributed by atoms with E-state index >= 15 is 0 Å². The number of hydrogen-bond acceptors (Lipinski definition) is 5. The number of ether oxygens (including phenoxy) is 1. The maximum Gasteiger partial charge on any atom is 0.280 e. The van der Waals surface area contributed by atoms with Gasteiger partial charge in [0.15, 0.2) is 4.80 Å². The van der Waals surface area contributed by atoms with Crippen molar-refractivity contribution in [3.63, 3.8) is 0 Å². The largest absolute Gasteiger partial charge is 0.383 e. The zero-order valence-corrected chi connectivity index (χ0v) is 17.3. The molecular weight excluding hydrogens is 394 g/mol. The van der Waals surface area contributed by atoms with Crippen LogP contribution in [-0.2, 0) is 16.6 Å². The molecule has 0 radical (unpaired) electrons. The van der Waals surface area contributed by atoms with Crippen molar-refractivity contribution in [1.29, 1.82) is 0 Å². The topological polar surface area (TPSA) is 72.7 Å². The van der Waals surface area contributed by atoms with Crippen LogP contribution in [0.5, 0.6) is 0 Å². The average Bonchev–Trinajstić information content (AvgIpc) is 3.02. The van der Waals surface area contributed by atoms with Crippen LogP contribution in [0, 0.1) is 0 Å². The maximum atomic E-state index is 12.8. The first-order valence-corrected chi connectivity index (χ1v) is 10.5. The highest BCUT2D eigenvalue weighted by Crippen LogP contribution is 2.23. The summed E-state index contributed by atoms with van der Waals surface area (Å²) in [4.78, 5) is 30.4. The molecule has 2 amide bonds. The van der Waals surface area contributed by atoms with Gasteiger partial charge in [0.1, 0.15) is 0 Å². The van der Waals surface area contributed by atoms with Crippen molar-refractivity contribution >= 4 is 45.1 Å². The van der Waals surface area contributed by atoms with Crippen molar-refractivity contribution < 1.29 is 14.3 Å². The molecule has 0 bridgehead atoms. The summed E-state index contributed by atoms with van der Waals surface area (Å²) in [6.45, 7) is 0.935. The van der Waals surface area contributed by atoms with Gasteiger partial charge in [0.2, 0.25) is 5.91 Å². The summed E-state index contributed by atoms with van der Waals surface area (Å²) in [5.41, 5.74) is 1.53. The molecule has 8 heteroatoms. The minimum absolute atomic E-state index is 0.0999. The average molecular weight is 416 g/mol. The van der Waals surface area contributed by atoms with Crippen LogP contribution < -0.4 is 10.1 Å². The molecule has 146 valence electrons. The number of nitrogens with one attached hydrogen (secondary N) is 1. The Balaban J connectivity index is 1.79. The van der Waals surface area contributed by atoms with E-state index in [1.165, 1.54) is 23.1 Å². The molecule has 0 aliphatic heterocycles. The second kappa shape index (κ2) is 9.68. The fourth-order valence-corrected chi connectivity index (χ4v) is 4.48. The molecule has 1 aromatic heterocycles. The van der Waals surface area contributed by atoms with Crippen molar-refractivity contribution in [2.75, 3.05) is 26.0 Å². The van der Waals surface area contributed by atoms with Crippen molar-refractivity contribution in [2.45, 2.75) is 4.90 Å². The standard InChI is InChI=1S/C20H21N3O3S2/c1-23-15-8-4-6-10-17(15)28-20(23)22-19(25)14-7-3-5-9-16(14)27-13-18(24)21-11-12-26-2/h3-10H,11-13H2,1-2H3,(H,21,24). The van der Waals surface area contributed by atoms with Gasteiger partial charge >= 0.3 is 0 Å². The summed E-state index contributed by atoms with van der Waals surface area (Å²) < 4.78 is 7.90. The smallest absolute Gasteiger partial charge is 0.280 e. The van der Waals surface area contributed by atoms with Gasteiger partial charge in [-0.1, -0.05) is 35.6 Å². The third kappa shape index (κ3) is 4.89. The van der Waals surface area contributed by atoms with E-state index in [0.717, 1.165) is 15.1 Å². The normalized spacial score (nSPS) is 11.7. The van der Waals surface area contributed by atoms with Crippen molar-refractivity contribution in [3.8, 4) is 0 Å². The van der Waals surface area contributed by atoms with E-state index in [9.17, 15) is 9.59 Å². The number of aryl methyl sites for hydroxylation is 1. The number of thiazole rings is 1. The van der Waals surface area contributed by atoms with Gasteiger partial charge in [0, 0.05) is 25.6 Å². The van der Waals surface area contributed by atoms with Crippen molar-refractivity contribution in [1.82, 2.24) is 9.88 Å². The zero-order chi connectivity index (χ0) is 19.9. The Labute approximate surface area is 171 Å². The highest BCUT2D eigenvalue weighted by molar-refractivity contribution is 8.00. The first-order chi connectivity index (χ1) is 13.6. The lowest BCUT2D eigenvalue weighted by Gasteiger charge is -2.07. The van der Waals surface area contributed by atoms with E-state index in [1.54, 1.807) is 19.2 Å². The zero-order valence-electron chi connectivity index (χ0n) is 15.7. The molecule has 28 heavy (non-hydrogen) atoms. The molecule has 0 fully saturated rings. The molecule has 3 aromatic rings. The number of carbonyl (C=O) groups excluding carboxylic acids is 2. The third-order valence-corrected chi connectivity index (χ3v) is 6.20. The Kier molecular flexibility index (Phi) is 7.02. The van der Waals surface area contributed by atoms with Crippen LogP contribution in [-0.4, -0.2) is 42.4 Å². The molecule has 1 heterocycles. The quantitative estimate of drug-likeness (QED) is 0.476. The molecule has 0 aliphatic rings. The Hall–Kier alpha value is -2.42. The maximum absolute atomic E-state index is 12.8. The molecule has 0 saturated heterocycles. The van der Waals surface area contributed by atoms with Crippen molar-refractivity contribution in [3.05, 3.63) is 58.9 Å². The summed E-state index contributed by atoms with van der Waals surface area (Å²) in [7, 11) is 3.48. The van der Waals surface area contributed by atoms with Gasteiger partial charge in [0.25, 0.3) is 5.91 Å². The number of nitrogens with zero attached hydrogens (tertiary/aromatic N) is 2. The second-order valence-corrected chi connectivity index (χ2v) is 7.98. The molecule has 0 saturated carbocycles. The molecule has 1 N–H and O–H groups in total. The lowest BCUT2D eigenvalue weighted by molar-refractivity contribution is -0.118. The first kappa shape index (κ1) is 20.3. The predicted molar refractivity (Wildman–Crippen MR) is 113 cm³/mol. The van der Waals surface area contributed by atoms with Gasteiger partial charge in [0.05, 0.1) is 28.1 Å². The van der Waals surface area contributed by atoms with E-state index in [1.807, 2.05) is 48.0 Å². The van der Waals surface area contributed by atoms with Crippen LogP contribution in [0.1, 0.15) is 10.4 Å². The number of hydrogen-bond donors (Lipinski definition) is 1. The summed E-state index contributed by atoms with van der Waals surface area (Å²) in [6.07, 6.45) is 0. The number of thioether (sulfide) groups is 1. The summed E-state index contributed by atoms with van der Waals surface area (Å²) in [6, 6.07) is 15.2. The second-order valence-electron chi connectivity index (χ2n) is 5.96. The fraction of sp³-hybridized carbons (Fsp3) is 0.250. The Morgan fingerprint density at radius 1 is 1.18 bits per heavy atom. The fourth-order valence-electron chi connectivity index (χ4n) is 2.59. The number of carbonyl (C=O) groups is 2. The monoisotopic (exact) mass is 415 g/mol. The number of fused-ring (bicyclic) bond motifs is 1. The molecule has 0 unspecified atom stereocenters. The lowest BCUT2D eigenvalue weighted by Crippen LogP contribution is -2.28. The van der Waals surface area contributed by atoms with Crippen LogP contribution in [0.3, 0.4) is 0 Å². The Morgan fingerprint density at radius 3 is 2.71 bits per heavy atom. The van der Waals surface area contributed by atoms with Gasteiger partial charge in [-0.05, 0) is 24.3 Å². The van der Waals surface area contributed by atoms with Crippen LogP contribution in [0.4, 0.5) is 0 Å². The number of benzene rings is 2. The van der Waals surface area contributed by atoms with Crippen molar-refractivity contribution in [2.24, 2.45) is 12.0 Å². The summed E-state index contributed by atoms with van der Waals surface area (Å²) in [5, 5.41) is 2.77. The molecular formula is C20H21N3O3S2. The first-order valence-electron chi connectivity index (χ1n) is 8.71. The lowest BCUT2D eigenvalue weighted by atomic mass is 10.2. The molecule has 2 aromatic carbocycles. The van der Waals surface area contributed by atoms with E-state index in [2.05, 4.69) is 10.3 Å². The Bertz CT molecular complexity index is 1060. The third-order valence-electron chi connectivity index (χ3n) is 4.02. The number of rotatable bonds is 7. The minimum atomic E-state index is -0.315.